The van der Waals surface area contributed by atoms with Crippen molar-refractivity contribution >= 4 is 34.9 Å². The number of halogens is 2. The first kappa shape index (κ1) is 13.2. The second kappa shape index (κ2) is 6.12. The van der Waals surface area contributed by atoms with Crippen LogP contribution in [0.4, 0.5) is 10.5 Å². The Labute approximate surface area is 116 Å². The molecule has 0 radical (unpaired) electrons. The van der Waals surface area contributed by atoms with Gasteiger partial charge in [0.25, 0.3) is 0 Å². The highest BCUT2D eigenvalue weighted by molar-refractivity contribution is 6.35. The summed E-state index contributed by atoms with van der Waals surface area (Å²) in [6.07, 6.45) is 6.35. The van der Waals surface area contributed by atoms with Gasteiger partial charge in [0, 0.05) is 21.9 Å². The molecular weight excluding hydrogens is 271 g/mol. The minimum Gasteiger partial charge on any atom is -0.314 e. The first-order valence-electron chi connectivity index (χ1n) is 5.85. The molecule has 5 heteroatoms. The molecule has 0 bridgehead atoms. The Balaban J connectivity index is 1.92. The third-order valence-electron chi connectivity index (χ3n) is 2.77. The SMILES string of the molecule is O=C(NC=C1CCCC1)Nc1cc(Cl)cc(Cl)c1. The van der Waals surface area contributed by atoms with E-state index in [1.54, 1.807) is 24.4 Å². The second-order valence-corrected chi connectivity index (χ2v) is 5.14. The quantitative estimate of drug-likeness (QED) is 0.820. The van der Waals surface area contributed by atoms with Crippen molar-refractivity contribution in [3.8, 4) is 0 Å². The van der Waals surface area contributed by atoms with Crippen molar-refractivity contribution < 1.29 is 4.79 Å². The smallest absolute Gasteiger partial charge is 0.314 e. The topological polar surface area (TPSA) is 41.1 Å². The van der Waals surface area contributed by atoms with Crippen LogP contribution in [0.2, 0.25) is 10.0 Å². The fraction of sp³-hybridized carbons (Fsp3) is 0.308. The number of hydrogen-bond donors (Lipinski definition) is 2. The van der Waals surface area contributed by atoms with E-state index in [9.17, 15) is 4.79 Å². The number of carbonyl (C=O) groups is 1. The minimum absolute atomic E-state index is 0.285. The lowest BCUT2D eigenvalue weighted by molar-refractivity contribution is 0.255. The third kappa shape index (κ3) is 3.93. The average molecular weight is 285 g/mol. The zero-order valence-corrected chi connectivity index (χ0v) is 11.3. The Bertz CT molecular complexity index is 458. The summed E-state index contributed by atoms with van der Waals surface area (Å²) in [5, 5.41) is 6.38. The summed E-state index contributed by atoms with van der Waals surface area (Å²) in [5.41, 5.74) is 1.86. The van der Waals surface area contributed by atoms with Crippen molar-refractivity contribution in [2.75, 3.05) is 5.32 Å². The van der Waals surface area contributed by atoms with Crippen LogP contribution in [0.1, 0.15) is 25.7 Å². The summed E-state index contributed by atoms with van der Waals surface area (Å²) >= 11 is 11.7. The molecule has 1 aromatic carbocycles. The van der Waals surface area contributed by atoms with Crippen molar-refractivity contribution in [1.82, 2.24) is 5.32 Å². The van der Waals surface area contributed by atoms with Gasteiger partial charge >= 0.3 is 6.03 Å². The van der Waals surface area contributed by atoms with Gasteiger partial charge in [-0.3, -0.25) is 0 Å². The largest absolute Gasteiger partial charge is 0.323 e. The molecule has 1 saturated carbocycles. The molecular formula is C13H14Cl2N2O. The molecule has 2 N–H and O–H groups in total. The Morgan fingerprint density at radius 1 is 1.11 bits per heavy atom. The van der Waals surface area contributed by atoms with Crippen LogP contribution in [-0.2, 0) is 0 Å². The van der Waals surface area contributed by atoms with Crippen LogP contribution in [0.15, 0.2) is 30.0 Å². The summed E-state index contributed by atoms with van der Waals surface area (Å²) in [5.74, 6) is 0. The second-order valence-electron chi connectivity index (χ2n) is 4.27. The normalized spacial score (nSPS) is 14.4. The van der Waals surface area contributed by atoms with E-state index in [0.717, 1.165) is 12.8 Å². The zero-order valence-electron chi connectivity index (χ0n) is 9.80. The summed E-state index contributed by atoms with van der Waals surface area (Å²) in [7, 11) is 0. The maximum Gasteiger partial charge on any atom is 0.323 e. The number of amides is 2. The van der Waals surface area contributed by atoms with E-state index in [1.165, 1.54) is 18.4 Å². The van der Waals surface area contributed by atoms with Crippen molar-refractivity contribution in [3.05, 3.63) is 40.0 Å². The highest BCUT2D eigenvalue weighted by atomic mass is 35.5. The Hall–Kier alpha value is -1.19. The van der Waals surface area contributed by atoms with Crippen molar-refractivity contribution in [2.45, 2.75) is 25.7 Å². The van der Waals surface area contributed by atoms with Gasteiger partial charge in [0.15, 0.2) is 0 Å². The first-order chi connectivity index (χ1) is 8.63. The summed E-state index contributed by atoms with van der Waals surface area (Å²) in [6, 6.07) is 4.63. The van der Waals surface area contributed by atoms with Gasteiger partial charge in [-0.2, -0.15) is 0 Å². The lowest BCUT2D eigenvalue weighted by Crippen LogP contribution is -2.24. The van der Waals surface area contributed by atoms with Gasteiger partial charge in [0.2, 0.25) is 0 Å². The standard InChI is InChI=1S/C13H14Cl2N2O/c14-10-5-11(15)7-12(6-10)17-13(18)16-8-9-3-1-2-4-9/h5-8H,1-4H2,(H2,16,17,18). The number of allylic oxidation sites excluding steroid dienone is 1. The molecule has 1 aromatic rings. The van der Waals surface area contributed by atoms with Gasteiger partial charge in [-0.15, -0.1) is 0 Å². The maximum absolute atomic E-state index is 11.6. The predicted octanol–water partition coefficient (Wildman–Crippen LogP) is 4.57. The molecule has 2 rings (SSSR count). The predicted molar refractivity (Wildman–Crippen MR) is 75.2 cm³/mol. The van der Waals surface area contributed by atoms with Crippen LogP contribution < -0.4 is 10.6 Å². The van der Waals surface area contributed by atoms with E-state index in [0.29, 0.717) is 15.7 Å². The fourth-order valence-electron chi connectivity index (χ4n) is 1.93. The molecule has 1 fully saturated rings. The molecule has 3 nitrogen and oxygen atoms in total. The number of benzene rings is 1. The fourth-order valence-corrected chi connectivity index (χ4v) is 2.46. The molecule has 2 amide bonds. The molecule has 0 saturated heterocycles. The number of hydrogen-bond acceptors (Lipinski definition) is 1. The number of anilines is 1. The highest BCUT2D eigenvalue weighted by Gasteiger charge is 2.07. The molecule has 0 aliphatic heterocycles. The molecule has 1 aliphatic carbocycles. The molecule has 0 heterocycles. The van der Waals surface area contributed by atoms with Crippen LogP contribution in [0.5, 0.6) is 0 Å². The van der Waals surface area contributed by atoms with E-state index in [-0.39, 0.29) is 6.03 Å². The Morgan fingerprint density at radius 3 is 2.33 bits per heavy atom. The summed E-state index contributed by atoms with van der Waals surface area (Å²) < 4.78 is 0. The third-order valence-corrected chi connectivity index (χ3v) is 3.21. The van der Waals surface area contributed by atoms with E-state index in [1.807, 2.05) is 0 Å². The minimum atomic E-state index is -0.285. The van der Waals surface area contributed by atoms with Gasteiger partial charge in [0.1, 0.15) is 0 Å². The average Bonchev–Trinajstić information content (AvgIpc) is 2.77. The Kier molecular flexibility index (Phi) is 4.50. The molecule has 0 unspecified atom stereocenters. The van der Waals surface area contributed by atoms with E-state index in [2.05, 4.69) is 10.6 Å². The molecule has 0 aromatic heterocycles. The number of carbonyl (C=O) groups excluding carboxylic acids is 1. The van der Waals surface area contributed by atoms with E-state index in [4.69, 9.17) is 23.2 Å². The van der Waals surface area contributed by atoms with Gasteiger partial charge in [0.05, 0.1) is 0 Å². The lowest BCUT2D eigenvalue weighted by atomic mass is 10.2. The monoisotopic (exact) mass is 284 g/mol. The van der Waals surface area contributed by atoms with Gasteiger partial charge in [-0.05, 0) is 43.9 Å². The molecule has 1 aliphatic rings. The van der Waals surface area contributed by atoms with Crippen LogP contribution in [0.3, 0.4) is 0 Å². The number of rotatable bonds is 2. The molecule has 96 valence electrons. The molecule has 0 spiro atoms. The lowest BCUT2D eigenvalue weighted by Gasteiger charge is -2.06. The molecule has 0 atom stereocenters. The van der Waals surface area contributed by atoms with Gasteiger partial charge in [-0.25, -0.2) is 4.79 Å². The Morgan fingerprint density at radius 2 is 1.72 bits per heavy atom. The summed E-state index contributed by atoms with van der Waals surface area (Å²) in [6.45, 7) is 0. The molecule has 18 heavy (non-hydrogen) atoms. The zero-order chi connectivity index (χ0) is 13.0. The number of nitrogens with one attached hydrogen (secondary N) is 2. The van der Waals surface area contributed by atoms with Crippen molar-refractivity contribution in [2.24, 2.45) is 0 Å². The van der Waals surface area contributed by atoms with E-state index < -0.39 is 0 Å². The van der Waals surface area contributed by atoms with Crippen LogP contribution in [0, 0.1) is 0 Å². The van der Waals surface area contributed by atoms with Crippen LogP contribution >= 0.6 is 23.2 Å². The maximum atomic E-state index is 11.6. The van der Waals surface area contributed by atoms with Gasteiger partial charge in [-0.1, -0.05) is 28.8 Å². The highest BCUT2D eigenvalue weighted by Crippen LogP contribution is 2.23. The van der Waals surface area contributed by atoms with E-state index >= 15 is 0 Å². The summed E-state index contributed by atoms with van der Waals surface area (Å²) in [4.78, 5) is 11.6. The van der Waals surface area contributed by atoms with Crippen LogP contribution in [-0.4, -0.2) is 6.03 Å². The van der Waals surface area contributed by atoms with Gasteiger partial charge < -0.3 is 10.6 Å². The van der Waals surface area contributed by atoms with Crippen LogP contribution in [0.25, 0.3) is 0 Å². The van der Waals surface area contributed by atoms with Crippen molar-refractivity contribution in [3.63, 3.8) is 0 Å². The number of urea groups is 1. The first-order valence-corrected chi connectivity index (χ1v) is 6.60. The van der Waals surface area contributed by atoms with Crippen molar-refractivity contribution in [1.29, 1.82) is 0 Å².